The zero-order chi connectivity index (χ0) is 16.7. The molecule has 1 saturated heterocycles. The van der Waals surface area contributed by atoms with Crippen LogP contribution in [0.1, 0.15) is 13.3 Å². The van der Waals surface area contributed by atoms with Crippen LogP contribution in [0.15, 0.2) is 24.8 Å². The molecule has 1 aliphatic heterocycles. The zero-order valence-electron chi connectivity index (χ0n) is 13.8. The number of fused-ring (bicyclic) bond motifs is 1. The van der Waals surface area contributed by atoms with Gasteiger partial charge >= 0.3 is 0 Å². The number of H-pyrrole nitrogens is 1. The molecule has 0 aliphatic carbocycles. The Balaban J connectivity index is 1.62. The van der Waals surface area contributed by atoms with Crippen LogP contribution in [-0.2, 0) is 0 Å². The third kappa shape index (κ3) is 2.56. The average Bonchev–Trinajstić information content (AvgIpc) is 3.23. The van der Waals surface area contributed by atoms with Crippen LogP contribution in [0.4, 0.5) is 16.0 Å². The molecule has 7 nitrogen and oxygen atoms in total. The highest BCUT2D eigenvalue weighted by molar-refractivity contribution is 7.19. The van der Waals surface area contributed by atoms with Gasteiger partial charge in [0.25, 0.3) is 0 Å². The van der Waals surface area contributed by atoms with Gasteiger partial charge in [0, 0.05) is 26.3 Å². The number of thiazole rings is 1. The van der Waals surface area contributed by atoms with E-state index in [2.05, 4.69) is 43.7 Å². The van der Waals surface area contributed by atoms with Gasteiger partial charge in [-0.3, -0.25) is 0 Å². The molecule has 1 fully saturated rings. The second-order valence-corrected chi connectivity index (χ2v) is 7.41. The largest absolute Gasteiger partial charge is 0.389 e. The van der Waals surface area contributed by atoms with Gasteiger partial charge in [-0.1, -0.05) is 18.3 Å². The number of aromatic amines is 1. The Hall–Kier alpha value is -2.35. The van der Waals surface area contributed by atoms with Crippen molar-refractivity contribution in [1.82, 2.24) is 19.9 Å². The first-order valence-electron chi connectivity index (χ1n) is 8.10. The molecule has 24 heavy (non-hydrogen) atoms. The van der Waals surface area contributed by atoms with Gasteiger partial charge in [0.1, 0.15) is 22.8 Å². The van der Waals surface area contributed by atoms with E-state index >= 15 is 0 Å². The van der Waals surface area contributed by atoms with E-state index in [9.17, 15) is 0 Å². The van der Waals surface area contributed by atoms with Crippen molar-refractivity contribution in [2.75, 3.05) is 35.7 Å². The van der Waals surface area contributed by atoms with Gasteiger partial charge in [0.2, 0.25) is 0 Å². The van der Waals surface area contributed by atoms with E-state index in [0.717, 1.165) is 46.5 Å². The van der Waals surface area contributed by atoms with Crippen LogP contribution < -0.4 is 15.5 Å². The highest BCUT2D eigenvalue weighted by Gasteiger charge is 2.31. The van der Waals surface area contributed by atoms with E-state index in [4.69, 9.17) is 5.73 Å². The van der Waals surface area contributed by atoms with Gasteiger partial charge in [-0.2, -0.15) is 0 Å². The van der Waals surface area contributed by atoms with Crippen LogP contribution in [0.2, 0.25) is 0 Å². The molecule has 0 radical (unpaired) electrons. The van der Waals surface area contributed by atoms with Crippen molar-refractivity contribution in [3.05, 3.63) is 24.8 Å². The normalized spacial score (nSPS) is 21.3. The number of aromatic nitrogens is 4. The van der Waals surface area contributed by atoms with Gasteiger partial charge in [0.15, 0.2) is 5.13 Å². The fourth-order valence-electron chi connectivity index (χ4n) is 3.45. The van der Waals surface area contributed by atoms with Gasteiger partial charge in [-0.25, -0.2) is 15.0 Å². The number of likely N-dealkylation sites (N-methyl/N-ethyl adjacent to an activating group) is 1. The smallest absolute Gasteiger partial charge is 0.187 e. The van der Waals surface area contributed by atoms with E-state index in [0.29, 0.717) is 12.0 Å². The summed E-state index contributed by atoms with van der Waals surface area (Å²) in [6.45, 7) is 4.24. The number of nitrogens with zero attached hydrogens (tertiary/aromatic N) is 5. The highest BCUT2D eigenvalue weighted by Crippen LogP contribution is 2.32. The van der Waals surface area contributed by atoms with Crippen LogP contribution in [0.5, 0.6) is 0 Å². The Morgan fingerprint density at radius 3 is 3.04 bits per heavy atom. The monoisotopic (exact) mass is 343 g/mol. The lowest BCUT2D eigenvalue weighted by molar-refractivity contribution is 0.367. The molecule has 8 heteroatoms. The molecular weight excluding hydrogens is 322 g/mol. The van der Waals surface area contributed by atoms with Crippen molar-refractivity contribution >= 4 is 38.3 Å². The fraction of sp³-hybridized carbons (Fsp3) is 0.438. The molecule has 0 spiro atoms. The van der Waals surface area contributed by atoms with Crippen LogP contribution in [0.3, 0.4) is 0 Å². The Morgan fingerprint density at radius 2 is 2.25 bits per heavy atom. The Bertz CT molecular complexity index is 842. The lowest BCUT2D eigenvalue weighted by Gasteiger charge is -2.42. The van der Waals surface area contributed by atoms with E-state index < -0.39 is 0 Å². The van der Waals surface area contributed by atoms with Crippen molar-refractivity contribution in [3.63, 3.8) is 0 Å². The first kappa shape index (κ1) is 15.2. The summed E-state index contributed by atoms with van der Waals surface area (Å²) in [6.07, 6.45) is 6.39. The van der Waals surface area contributed by atoms with Crippen molar-refractivity contribution in [2.45, 2.75) is 19.4 Å². The molecule has 4 rings (SSSR count). The lowest BCUT2D eigenvalue weighted by atomic mass is 9.92. The molecule has 2 atom stereocenters. The second-order valence-electron chi connectivity index (χ2n) is 6.37. The van der Waals surface area contributed by atoms with Crippen LogP contribution in [0.25, 0.3) is 11.0 Å². The quantitative estimate of drug-likeness (QED) is 0.759. The summed E-state index contributed by atoms with van der Waals surface area (Å²) < 4.78 is 0. The molecule has 0 amide bonds. The number of rotatable bonds is 3. The molecule has 3 N–H and O–H groups in total. The summed E-state index contributed by atoms with van der Waals surface area (Å²) in [7, 11) is 2.12. The summed E-state index contributed by atoms with van der Waals surface area (Å²) in [4.78, 5) is 21.0. The van der Waals surface area contributed by atoms with Crippen LogP contribution >= 0.6 is 11.3 Å². The zero-order valence-corrected chi connectivity index (χ0v) is 14.6. The first-order valence-corrected chi connectivity index (χ1v) is 8.92. The first-order chi connectivity index (χ1) is 11.6. The third-order valence-electron chi connectivity index (χ3n) is 4.87. The number of anilines is 3. The Kier molecular flexibility index (Phi) is 3.76. The molecule has 0 saturated carbocycles. The predicted octanol–water partition coefficient (Wildman–Crippen LogP) is 2.35. The SMILES string of the molecule is CC1CCN(c2ncc(N)s2)CC1N(C)c1ncnc2[nH]ccc12. The average molecular weight is 343 g/mol. The Labute approximate surface area is 144 Å². The fourth-order valence-corrected chi connectivity index (χ4v) is 4.16. The van der Waals surface area contributed by atoms with Gasteiger partial charge < -0.3 is 20.5 Å². The predicted molar refractivity (Wildman–Crippen MR) is 98.6 cm³/mol. The summed E-state index contributed by atoms with van der Waals surface area (Å²) >= 11 is 1.55. The summed E-state index contributed by atoms with van der Waals surface area (Å²) in [6, 6.07) is 2.39. The maximum absolute atomic E-state index is 5.85. The standard InChI is InChI=1S/C16H21N7S/c1-10-4-6-23(16-19-7-13(17)24-16)8-12(10)22(2)15-11-3-5-18-14(11)20-9-21-15/h3,5,7,9-10,12H,4,6,8,17H2,1-2H3,(H,18,20,21). The topological polar surface area (TPSA) is 87.0 Å². The molecular formula is C16H21N7S. The van der Waals surface area contributed by atoms with E-state index in [-0.39, 0.29) is 0 Å². The van der Waals surface area contributed by atoms with Crippen LogP contribution in [-0.4, -0.2) is 46.1 Å². The minimum Gasteiger partial charge on any atom is -0.389 e. The van der Waals surface area contributed by atoms with Gasteiger partial charge in [0.05, 0.1) is 17.6 Å². The van der Waals surface area contributed by atoms with E-state index in [1.807, 2.05) is 12.3 Å². The third-order valence-corrected chi connectivity index (χ3v) is 5.75. The maximum atomic E-state index is 5.85. The summed E-state index contributed by atoms with van der Waals surface area (Å²) in [5, 5.41) is 2.83. The van der Waals surface area contributed by atoms with Crippen molar-refractivity contribution in [3.8, 4) is 0 Å². The minimum absolute atomic E-state index is 0.358. The number of nitrogen functional groups attached to an aromatic ring is 1. The Morgan fingerprint density at radius 1 is 1.38 bits per heavy atom. The van der Waals surface area contributed by atoms with Crippen molar-refractivity contribution in [2.24, 2.45) is 5.92 Å². The number of hydrogen-bond donors (Lipinski definition) is 2. The molecule has 126 valence electrons. The summed E-state index contributed by atoms with van der Waals surface area (Å²) in [5.41, 5.74) is 6.72. The van der Waals surface area contributed by atoms with Gasteiger partial charge in [-0.15, -0.1) is 0 Å². The molecule has 4 heterocycles. The molecule has 0 bridgehead atoms. The maximum Gasteiger partial charge on any atom is 0.187 e. The minimum atomic E-state index is 0.358. The molecule has 3 aromatic rings. The van der Waals surface area contributed by atoms with E-state index in [1.54, 1.807) is 23.9 Å². The molecule has 1 aliphatic rings. The second kappa shape index (κ2) is 5.94. The lowest BCUT2D eigenvalue weighted by Crippen LogP contribution is -2.51. The molecule has 0 aromatic carbocycles. The van der Waals surface area contributed by atoms with Crippen LogP contribution in [0, 0.1) is 5.92 Å². The number of piperidine rings is 1. The van der Waals surface area contributed by atoms with E-state index in [1.165, 1.54) is 0 Å². The number of nitrogens with two attached hydrogens (primary N) is 1. The van der Waals surface area contributed by atoms with Crippen molar-refractivity contribution < 1.29 is 0 Å². The van der Waals surface area contributed by atoms with Gasteiger partial charge in [-0.05, 0) is 18.4 Å². The van der Waals surface area contributed by atoms with Crippen molar-refractivity contribution in [1.29, 1.82) is 0 Å². The number of hydrogen-bond acceptors (Lipinski definition) is 7. The summed E-state index contributed by atoms with van der Waals surface area (Å²) in [5.74, 6) is 1.55. The number of nitrogens with one attached hydrogen (secondary N) is 1. The highest BCUT2D eigenvalue weighted by atomic mass is 32.1. The molecule has 3 aromatic heterocycles. The molecule has 2 unspecified atom stereocenters.